The summed E-state index contributed by atoms with van der Waals surface area (Å²) in [4.78, 5) is 24.7. The van der Waals surface area contributed by atoms with Crippen molar-refractivity contribution in [3.8, 4) is 6.07 Å². The highest BCUT2D eigenvalue weighted by Crippen LogP contribution is 2.29. The zero-order valence-electron chi connectivity index (χ0n) is 9.17. The molecule has 0 saturated carbocycles. The number of nitrogens with one attached hydrogen (secondary N) is 1. The molecule has 1 aliphatic heterocycles. The number of nitrogens with zero attached hydrogens (tertiary/aromatic N) is 2. The van der Waals surface area contributed by atoms with Crippen LogP contribution in [0.3, 0.4) is 0 Å². The Hall–Kier alpha value is -1.98. The molecule has 0 radical (unpaired) electrons. The normalized spacial score (nSPS) is 27.1. The molecule has 0 amide bonds. The summed E-state index contributed by atoms with van der Waals surface area (Å²) in [5, 5.41) is 17.5. The average molecular weight is 255 g/mol. The summed E-state index contributed by atoms with van der Waals surface area (Å²) in [5.74, 6) is 0. The standard InChI is InChI=1S/C10H10FN3O4/c11-6-1-8(18-7(6)4-15)14-3-5(2-12)9(16)13-10(14)17/h3,6-8,15H,1,4H2,(H,13,16,17)/t6?,7-,8-/m1/s1. The number of rotatable bonds is 2. The van der Waals surface area contributed by atoms with Gasteiger partial charge < -0.3 is 9.84 Å². The van der Waals surface area contributed by atoms with Gasteiger partial charge in [0.25, 0.3) is 5.56 Å². The number of halogens is 1. The summed E-state index contributed by atoms with van der Waals surface area (Å²) in [6, 6.07) is 1.62. The van der Waals surface area contributed by atoms with Crippen LogP contribution in [-0.4, -0.2) is 33.5 Å². The molecule has 2 rings (SSSR count). The number of aromatic nitrogens is 2. The Morgan fingerprint density at radius 1 is 1.67 bits per heavy atom. The molecule has 0 spiro atoms. The average Bonchev–Trinajstić information content (AvgIpc) is 2.70. The molecule has 18 heavy (non-hydrogen) atoms. The van der Waals surface area contributed by atoms with Crippen molar-refractivity contribution in [2.45, 2.75) is 24.9 Å². The second kappa shape index (κ2) is 4.72. The first-order valence-electron chi connectivity index (χ1n) is 5.22. The Morgan fingerprint density at radius 3 is 2.94 bits per heavy atom. The molecule has 1 fully saturated rings. The molecule has 0 aromatic carbocycles. The second-order valence-electron chi connectivity index (χ2n) is 3.88. The topological polar surface area (TPSA) is 108 Å². The van der Waals surface area contributed by atoms with Gasteiger partial charge in [0.2, 0.25) is 0 Å². The minimum atomic E-state index is -1.40. The maximum atomic E-state index is 13.4. The van der Waals surface area contributed by atoms with Crippen LogP contribution >= 0.6 is 0 Å². The van der Waals surface area contributed by atoms with Crippen molar-refractivity contribution in [1.29, 1.82) is 5.26 Å². The van der Waals surface area contributed by atoms with Crippen LogP contribution in [0.15, 0.2) is 15.8 Å². The highest BCUT2D eigenvalue weighted by Gasteiger charge is 2.36. The highest BCUT2D eigenvalue weighted by atomic mass is 19.1. The highest BCUT2D eigenvalue weighted by molar-refractivity contribution is 5.21. The predicted octanol–water partition coefficient (Wildman–Crippen LogP) is -0.974. The van der Waals surface area contributed by atoms with Crippen molar-refractivity contribution in [3.05, 3.63) is 32.6 Å². The number of hydrogen-bond donors (Lipinski definition) is 2. The van der Waals surface area contributed by atoms with E-state index in [1.54, 1.807) is 6.07 Å². The molecule has 1 unspecified atom stereocenters. The lowest BCUT2D eigenvalue weighted by atomic mass is 10.2. The van der Waals surface area contributed by atoms with Crippen LogP contribution in [0.2, 0.25) is 0 Å². The minimum absolute atomic E-state index is 0.123. The summed E-state index contributed by atoms with van der Waals surface area (Å²) in [6.45, 7) is -0.499. The Bertz CT molecular complexity index is 602. The number of aliphatic hydroxyl groups is 1. The van der Waals surface area contributed by atoms with Crippen LogP contribution in [0.5, 0.6) is 0 Å². The minimum Gasteiger partial charge on any atom is -0.394 e. The van der Waals surface area contributed by atoms with Gasteiger partial charge in [0.15, 0.2) is 0 Å². The molecule has 0 aliphatic carbocycles. The molecule has 2 N–H and O–H groups in total. The van der Waals surface area contributed by atoms with Crippen LogP contribution in [0.4, 0.5) is 4.39 Å². The van der Waals surface area contributed by atoms with Gasteiger partial charge in [-0.15, -0.1) is 0 Å². The van der Waals surface area contributed by atoms with Crippen molar-refractivity contribution in [1.82, 2.24) is 9.55 Å². The quantitative estimate of drug-likeness (QED) is 0.706. The fraction of sp³-hybridized carbons (Fsp3) is 0.500. The van der Waals surface area contributed by atoms with Crippen molar-refractivity contribution in [3.63, 3.8) is 0 Å². The third-order valence-corrected chi connectivity index (χ3v) is 2.74. The number of nitriles is 1. The van der Waals surface area contributed by atoms with Gasteiger partial charge in [-0.1, -0.05) is 0 Å². The van der Waals surface area contributed by atoms with E-state index in [4.69, 9.17) is 15.1 Å². The Labute approximate surface area is 100 Å². The number of H-pyrrole nitrogens is 1. The molecular weight excluding hydrogens is 245 g/mol. The molecule has 1 aromatic heterocycles. The lowest BCUT2D eigenvalue weighted by Crippen LogP contribution is -2.33. The van der Waals surface area contributed by atoms with Crippen molar-refractivity contribution in [2.24, 2.45) is 0 Å². The summed E-state index contributed by atoms with van der Waals surface area (Å²) in [7, 11) is 0. The van der Waals surface area contributed by atoms with E-state index in [9.17, 15) is 14.0 Å². The zero-order valence-corrected chi connectivity index (χ0v) is 9.17. The van der Waals surface area contributed by atoms with E-state index in [-0.39, 0.29) is 12.0 Å². The first-order valence-corrected chi connectivity index (χ1v) is 5.22. The smallest absolute Gasteiger partial charge is 0.330 e. The van der Waals surface area contributed by atoms with Gasteiger partial charge in [-0.05, 0) is 0 Å². The van der Waals surface area contributed by atoms with E-state index in [0.717, 1.165) is 10.8 Å². The molecular formula is C10H10FN3O4. The van der Waals surface area contributed by atoms with Crippen molar-refractivity contribution < 1.29 is 14.2 Å². The number of ether oxygens (including phenoxy) is 1. The van der Waals surface area contributed by atoms with E-state index in [0.29, 0.717) is 0 Å². The maximum absolute atomic E-state index is 13.4. The van der Waals surface area contributed by atoms with Crippen LogP contribution in [-0.2, 0) is 4.74 Å². The van der Waals surface area contributed by atoms with Crippen molar-refractivity contribution in [2.75, 3.05) is 6.61 Å². The molecule has 1 saturated heterocycles. The third-order valence-electron chi connectivity index (χ3n) is 2.74. The monoisotopic (exact) mass is 255 g/mol. The fourth-order valence-corrected chi connectivity index (χ4v) is 1.80. The van der Waals surface area contributed by atoms with Gasteiger partial charge in [-0.25, -0.2) is 9.18 Å². The van der Waals surface area contributed by atoms with Gasteiger partial charge in [0.1, 0.15) is 30.1 Å². The van der Waals surface area contributed by atoms with E-state index in [2.05, 4.69) is 0 Å². The molecule has 7 nitrogen and oxygen atoms in total. The summed E-state index contributed by atoms with van der Waals surface area (Å²) < 4.78 is 19.5. The van der Waals surface area contributed by atoms with Gasteiger partial charge in [0, 0.05) is 12.6 Å². The van der Waals surface area contributed by atoms with Crippen LogP contribution < -0.4 is 11.2 Å². The number of aromatic amines is 1. The molecule has 2 heterocycles. The molecule has 8 heteroatoms. The molecule has 1 aromatic rings. The third kappa shape index (κ3) is 2.05. The maximum Gasteiger partial charge on any atom is 0.330 e. The summed E-state index contributed by atoms with van der Waals surface area (Å²) in [5.41, 5.74) is -1.84. The van der Waals surface area contributed by atoms with E-state index in [1.807, 2.05) is 4.98 Å². The number of alkyl halides is 1. The molecule has 0 bridgehead atoms. The SMILES string of the molecule is N#Cc1cn([C@H]2CC(F)[C@@H](CO)O2)c(=O)[nH]c1=O. The lowest BCUT2D eigenvalue weighted by molar-refractivity contribution is -0.0356. The second-order valence-corrected chi connectivity index (χ2v) is 3.88. The van der Waals surface area contributed by atoms with Crippen LogP contribution in [0, 0.1) is 11.3 Å². The lowest BCUT2D eigenvalue weighted by Gasteiger charge is -2.13. The largest absolute Gasteiger partial charge is 0.394 e. The number of aliphatic hydroxyl groups excluding tert-OH is 1. The molecule has 3 atom stereocenters. The first kappa shape index (κ1) is 12.5. The zero-order chi connectivity index (χ0) is 13.3. The first-order chi connectivity index (χ1) is 8.56. The van der Waals surface area contributed by atoms with E-state index >= 15 is 0 Å². The van der Waals surface area contributed by atoms with Gasteiger partial charge in [-0.2, -0.15) is 5.26 Å². The fourth-order valence-electron chi connectivity index (χ4n) is 1.80. The van der Waals surface area contributed by atoms with Crippen LogP contribution in [0.25, 0.3) is 0 Å². The Balaban J connectivity index is 2.39. The van der Waals surface area contributed by atoms with Gasteiger partial charge >= 0.3 is 5.69 Å². The summed E-state index contributed by atoms with van der Waals surface area (Å²) >= 11 is 0. The van der Waals surface area contributed by atoms with Gasteiger partial charge in [0.05, 0.1) is 6.61 Å². The molecule has 1 aliphatic rings. The van der Waals surface area contributed by atoms with Gasteiger partial charge in [-0.3, -0.25) is 14.3 Å². The molecule has 96 valence electrons. The Kier molecular flexibility index (Phi) is 3.27. The predicted molar refractivity (Wildman–Crippen MR) is 56.5 cm³/mol. The van der Waals surface area contributed by atoms with E-state index < -0.39 is 36.4 Å². The summed E-state index contributed by atoms with van der Waals surface area (Å²) in [6.07, 6.45) is -2.43. The van der Waals surface area contributed by atoms with Crippen LogP contribution in [0.1, 0.15) is 18.2 Å². The van der Waals surface area contributed by atoms with Crippen molar-refractivity contribution >= 4 is 0 Å². The number of hydrogen-bond acceptors (Lipinski definition) is 5. The Morgan fingerprint density at radius 2 is 2.39 bits per heavy atom. The van der Waals surface area contributed by atoms with E-state index in [1.165, 1.54) is 0 Å².